The smallest absolute Gasteiger partial charge is 1.00 e. The van der Waals surface area contributed by atoms with Crippen LogP contribution in [0.1, 0.15) is 32.4 Å². The molecule has 0 amide bonds. The Hall–Kier alpha value is -0.833. The summed E-state index contributed by atoms with van der Waals surface area (Å²) in [5, 5.41) is 9.02. The van der Waals surface area contributed by atoms with Crippen molar-refractivity contribution in [2.75, 3.05) is 40.0 Å². The van der Waals surface area contributed by atoms with Gasteiger partial charge in [0.15, 0.2) is 0 Å². The summed E-state index contributed by atoms with van der Waals surface area (Å²) in [5.74, 6) is -0.434. The largest absolute Gasteiger partial charge is 1.00 e. The van der Waals surface area contributed by atoms with Crippen molar-refractivity contribution < 1.29 is 39.7 Å². The summed E-state index contributed by atoms with van der Waals surface area (Å²) >= 11 is 0. The number of carboxylic acids is 1. The van der Waals surface area contributed by atoms with Crippen LogP contribution in [0.5, 0.6) is 0 Å². The number of piperidine rings is 1. The van der Waals surface area contributed by atoms with Gasteiger partial charge < -0.3 is 16.0 Å². The Balaban J connectivity index is 0.00000288. The Morgan fingerprint density at radius 3 is 2.79 bits per heavy atom. The average molecular weight is 329 g/mol. The van der Waals surface area contributed by atoms with E-state index >= 15 is 0 Å². The number of benzene rings is 1. The van der Waals surface area contributed by atoms with Gasteiger partial charge >= 0.3 is 24.8 Å². The molecule has 0 spiro atoms. The molecular formula is C18H28LiNO4. The minimum absolute atomic E-state index is 0. The van der Waals surface area contributed by atoms with Crippen molar-refractivity contribution in [2.24, 2.45) is 5.92 Å². The number of nitrogens with zero attached hydrogens (tertiary/aromatic N) is 1. The fourth-order valence-corrected chi connectivity index (χ4v) is 3.23. The standard InChI is InChI=1S/C18H27NO4.Li.H/c1-22-11-6-12-23-18(15-7-3-2-4-8-15)16-9-5-10-19(13-16)14-17(20)21;;/h2-4,7-8,16,18H,5-6,9-14H2,1H3,(H,20,21);;/q;+1;-1. The monoisotopic (exact) mass is 329 g/mol. The molecular weight excluding hydrogens is 301 g/mol. The average Bonchev–Trinajstić information content (AvgIpc) is 2.55. The van der Waals surface area contributed by atoms with Crippen molar-refractivity contribution in [2.45, 2.75) is 25.4 Å². The Morgan fingerprint density at radius 2 is 2.12 bits per heavy atom. The van der Waals surface area contributed by atoms with Gasteiger partial charge in [-0.05, 0) is 31.4 Å². The SMILES string of the molecule is COCCCOC(c1ccccc1)C1CCCN(CC(=O)O)C1.[H-].[Li+]. The third kappa shape index (κ3) is 6.96. The van der Waals surface area contributed by atoms with E-state index in [4.69, 9.17) is 14.6 Å². The van der Waals surface area contributed by atoms with Crippen LogP contribution >= 0.6 is 0 Å². The zero-order valence-electron chi connectivity index (χ0n) is 15.8. The van der Waals surface area contributed by atoms with Crippen molar-refractivity contribution in [3.63, 3.8) is 0 Å². The summed E-state index contributed by atoms with van der Waals surface area (Å²) in [5.41, 5.74) is 1.17. The van der Waals surface area contributed by atoms with Gasteiger partial charge in [-0.15, -0.1) is 0 Å². The molecule has 2 atom stereocenters. The summed E-state index contributed by atoms with van der Waals surface area (Å²) in [7, 11) is 1.69. The quantitative estimate of drug-likeness (QED) is 0.498. The van der Waals surface area contributed by atoms with Crippen LogP contribution in [0.2, 0.25) is 0 Å². The summed E-state index contributed by atoms with van der Waals surface area (Å²) < 4.78 is 11.3. The molecule has 1 fully saturated rings. The van der Waals surface area contributed by atoms with Crippen LogP contribution in [0, 0.1) is 5.92 Å². The third-order valence-corrected chi connectivity index (χ3v) is 4.25. The molecule has 0 aliphatic carbocycles. The number of ether oxygens (including phenoxy) is 2. The van der Waals surface area contributed by atoms with Crippen LogP contribution in [0.4, 0.5) is 0 Å². The Kier molecular flexibility index (Phi) is 10.3. The van der Waals surface area contributed by atoms with Gasteiger partial charge in [0.1, 0.15) is 0 Å². The fraction of sp³-hybridized carbons (Fsp3) is 0.611. The molecule has 1 heterocycles. The van der Waals surface area contributed by atoms with Crippen LogP contribution in [-0.2, 0) is 14.3 Å². The van der Waals surface area contributed by atoms with Gasteiger partial charge in [-0.2, -0.15) is 0 Å². The van der Waals surface area contributed by atoms with E-state index in [9.17, 15) is 4.79 Å². The molecule has 1 aromatic carbocycles. The molecule has 6 heteroatoms. The van der Waals surface area contributed by atoms with Gasteiger partial charge in [-0.3, -0.25) is 9.69 Å². The van der Waals surface area contributed by atoms with Gasteiger partial charge in [-0.1, -0.05) is 30.3 Å². The first-order valence-corrected chi connectivity index (χ1v) is 8.30. The van der Waals surface area contributed by atoms with Gasteiger partial charge in [0.05, 0.1) is 12.6 Å². The van der Waals surface area contributed by atoms with Crippen LogP contribution < -0.4 is 18.9 Å². The van der Waals surface area contributed by atoms with Crippen LogP contribution in [-0.4, -0.2) is 55.9 Å². The van der Waals surface area contributed by atoms with E-state index in [1.807, 2.05) is 23.1 Å². The number of hydrogen-bond acceptors (Lipinski definition) is 4. The summed E-state index contributed by atoms with van der Waals surface area (Å²) in [6.45, 7) is 3.09. The molecule has 24 heavy (non-hydrogen) atoms. The molecule has 1 aromatic rings. The van der Waals surface area contributed by atoms with Gasteiger partial charge in [0, 0.05) is 32.8 Å². The Labute approximate surface area is 158 Å². The molecule has 1 aliphatic rings. The van der Waals surface area contributed by atoms with Gasteiger partial charge in [0.2, 0.25) is 0 Å². The first-order valence-electron chi connectivity index (χ1n) is 8.30. The fourth-order valence-electron chi connectivity index (χ4n) is 3.23. The predicted octanol–water partition coefficient (Wildman–Crippen LogP) is -0.306. The zero-order valence-corrected chi connectivity index (χ0v) is 14.8. The minimum atomic E-state index is -0.761. The van der Waals surface area contributed by atoms with E-state index in [0.717, 1.165) is 32.4 Å². The number of hydrogen-bond donors (Lipinski definition) is 1. The van der Waals surface area contributed by atoms with E-state index in [1.165, 1.54) is 5.56 Å². The second-order valence-corrected chi connectivity index (χ2v) is 6.08. The maximum Gasteiger partial charge on any atom is 1.00 e. The predicted molar refractivity (Wildman–Crippen MR) is 89.5 cm³/mol. The first kappa shape index (κ1) is 21.2. The Morgan fingerprint density at radius 1 is 1.38 bits per heavy atom. The van der Waals surface area contributed by atoms with Crippen molar-refractivity contribution in [1.82, 2.24) is 4.90 Å². The molecule has 130 valence electrons. The first-order chi connectivity index (χ1) is 11.2. The maximum atomic E-state index is 11.0. The van der Waals surface area contributed by atoms with Crippen LogP contribution in [0.15, 0.2) is 30.3 Å². The molecule has 1 saturated heterocycles. The molecule has 1 aliphatic heterocycles. The van der Waals surface area contributed by atoms with Crippen molar-refractivity contribution in [1.29, 1.82) is 0 Å². The normalized spacial score (nSPS) is 19.5. The van der Waals surface area contributed by atoms with Crippen LogP contribution in [0.3, 0.4) is 0 Å². The molecule has 0 aromatic heterocycles. The van der Waals surface area contributed by atoms with Crippen LogP contribution in [0.25, 0.3) is 0 Å². The molecule has 2 unspecified atom stereocenters. The second-order valence-electron chi connectivity index (χ2n) is 6.08. The van der Waals surface area contributed by atoms with Gasteiger partial charge in [-0.25, -0.2) is 0 Å². The topological polar surface area (TPSA) is 59.0 Å². The number of likely N-dealkylation sites (tertiary alicyclic amines) is 1. The van der Waals surface area contributed by atoms with Gasteiger partial charge in [0.25, 0.3) is 0 Å². The molecule has 5 nitrogen and oxygen atoms in total. The van der Waals surface area contributed by atoms with E-state index in [2.05, 4.69) is 12.1 Å². The molecule has 0 radical (unpaired) electrons. The zero-order chi connectivity index (χ0) is 16.5. The van der Waals surface area contributed by atoms with Crippen molar-refractivity contribution >= 4 is 5.97 Å². The summed E-state index contributed by atoms with van der Waals surface area (Å²) in [4.78, 5) is 13.0. The van der Waals surface area contributed by atoms with Crippen molar-refractivity contribution in [3.05, 3.63) is 35.9 Å². The Bertz CT molecular complexity index is 477. The van der Waals surface area contributed by atoms with E-state index in [-0.39, 0.29) is 32.9 Å². The van der Waals surface area contributed by atoms with E-state index in [1.54, 1.807) is 7.11 Å². The molecule has 2 rings (SSSR count). The molecule has 1 N–H and O–H groups in total. The number of rotatable bonds is 9. The van der Waals surface area contributed by atoms with E-state index in [0.29, 0.717) is 19.1 Å². The van der Waals surface area contributed by atoms with E-state index < -0.39 is 5.97 Å². The number of methoxy groups -OCH3 is 1. The second kappa shape index (κ2) is 11.7. The summed E-state index contributed by atoms with van der Waals surface area (Å²) in [6.07, 6.45) is 2.97. The minimum Gasteiger partial charge on any atom is -1.00 e. The van der Waals surface area contributed by atoms with Crippen molar-refractivity contribution in [3.8, 4) is 0 Å². The number of carbonyl (C=O) groups is 1. The summed E-state index contributed by atoms with van der Waals surface area (Å²) in [6, 6.07) is 10.2. The number of carboxylic acid groups (broad SMARTS) is 1. The molecule has 0 bridgehead atoms. The number of aliphatic carboxylic acids is 1. The maximum absolute atomic E-state index is 11.0. The third-order valence-electron chi connectivity index (χ3n) is 4.25. The molecule has 0 saturated carbocycles.